The molecule has 0 amide bonds. The first-order chi connectivity index (χ1) is 9.06. The highest BCUT2D eigenvalue weighted by Crippen LogP contribution is 2.18. The van der Waals surface area contributed by atoms with E-state index in [4.69, 9.17) is 11.6 Å². The van der Waals surface area contributed by atoms with Gasteiger partial charge in [0.1, 0.15) is 11.6 Å². The molecule has 2 rings (SSSR count). The molecule has 0 N–H and O–H groups in total. The highest BCUT2D eigenvalue weighted by Gasteiger charge is 2.11. The van der Waals surface area contributed by atoms with Crippen molar-refractivity contribution >= 4 is 17.4 Å². The van der Waals surface area contributed by atoms with Crippen molar-refractivity contribution in [1.29, 1.82) is 0 Å². The number of halogens is 2. The van der Waals surface area contributed by atoms with Crippen molar-refractivity contribution in [1.82, 2.24) is 0 Å². The number of carbonyl (C=O) groups is 1. The van der Waals surface area contributed by atoms with Crippen molar-refractivity contribution in [3.05, 3.63) is 70.0 Å². The summed E-state index contributed by atoms with van der Waals surface area (Å²) in [4.78, 5) is 11.9. The van der Waals surface area contributed by atoms with Gasteiger partial charge in [0, 0.05) is 12.8 Å². The molecule has 19 heavy (non-hydrogen) atoms. The number of carbonyl (C=O) groups excluding carboxylic acids is 1. The van der Waals surface area contributed by atoms with Crippen molar-refractivity contribution in [3.8, 4) is 0 Å². The van der Waals surface area contributed by atoms with E-state index in [1.54, 1.807) is 12.1 Å². The molecule has 0 heterocycles. The van der Waals surface area contributed by atoms with Gasteiger partial charge in [-0.15, -0.1) is 0 Å². The standard InChI is InChI=1S/C16H14ClFO/c1-11-5-7-12(8-6-11)9-14(19)10-13-3-2-4-15(17)16(13)18/h2-8H,9-10H2,1H3. The van der Waals surface area contributed by atoms with Crippen molar-refractivity contribution in [3.63, 3.8) is 0 Å². The summed E-state index contributed by atoms with van der Waals surface area (Å²) in [5.74, 6) is -0.522. The number of hydrogen-bond donors (Lipinski definition) is 0. The number of benzene rings is 2. The summed E-state index contributed by atoms with van der Waals surface area (Å²) in [6.07, 6.45) is 0.381. The van der Waals surface area contributed by atoms with Crippen LogP contribution in [-0.4, -0.2) is 5.78 Å². The van der Waals surface area contributed by atoms with E-state index < -0.39 is 5.82 Å². The molecule has 0 spiro atoms. The Morgan fingerprint density at radius 1 is 1.11 bits per heavy atom. The van der Waals surface area contributed by atoms with Gasteiger partial charge in [0.15, 0.2) is 0 Å². The lowest BCUT2D eigenvalue weighted by molar-refractivity contribution is -0.117. The summed E-state index contributed by atoms with van der Waals surface area (Å²) in [6.45, 7) is 1.99. The van der Waals surface area contributed by atoms with E-state index >= 15 is 0 Å². The molecule has 0 fully saturated rings. The number of hydrogen-bond acceptors (Lipinski definition) is 1. The molecule has 1 nitrogen and oxygen atoms in total. The molecule has 0 bridgehead atoms. The molecule has 0 aromatic heterocycles. The minimum absolute atomic E-state index is 0.0231. The molecular weight excluding hydrogens is 263 g/mol. The first-order valence-electron chi connectivity index (χ1n) is 6.06. The van der Waals surface area contributed by atoms with Crippen molar-refractivity contribution < 1.29 is 9.18 Å². The Bertz CT molecular complexity index is 590. The topological polar surface area (TPSA) is 17.1 Å². The summed E-state index contributed by atoms with van der Waals surface area (Å²) in [5, 5.41) is 0.0561. The van der Waals surface area contributed by atoms with Crippen molar-refractivity contribution in [2.75, 3.05) is 0 Å². The molecule has 3 heteroatoms. The molecule has 0 saturated heterocycles. The summed E-state index contributed by atoms with van der Waals surface area (Å²) in [6, 6.07) is 12.5. The quantitative estimate of drug-likeness (QED) is 0.820. The number of Topliss-reactive ketones (excluding diaryl/α,β-unsaturated/α-hetero) is 1. The molecule has 0 aliphatic rings. The Hall–Kier alpha value is -1.67. The Morgan fingerprint density at radius 3 is 2.47 bits per heavy atom. The molecule has 0 unspecified atom stereocenters. The van der Waals surface area contributed by atoms with Crippen LogP contribution in [0.25, 0.3) is 0 Å². The largest absolute Gasteiger partial charge is 0.299 e. The van der Waals surface area contributed by atoms with Gasteiger partial charge in [0.25, 0.3) is 0 Å². The summed E-state index contributed by atoms with van der Waals surface area (Å²) in [7, 11) is 0. The monoisotopic (exact) mass is 276 g/mol. The van der Waals surface area contributed by atoms with Crippen molar-refractivity contribution in [2.24, 2.45) is 0 Å². The van der Waals surface area contributed by atoms with Gasteiger partial charge in [-0.2, -0.15) is 0 Å². The van der Waals surface area contributed by atoms with Crippen LogP contribution in [-0.2, 0) is 17.6 Å². The zero-order valence-corrected chi connectivity index (χ0v) is 11.4. The second-order valence-electron chi connectivity index (χ2n) is 4.59. The van der Waals surface area contributed by atoms with Crippen LogP contribution in [0.5, 0.6) is 0 Å². The molecule has 0 atom stereocenters. The molecule has 0 aliphatic carbocycles. The lowest BCUT2D eigenvalue weighted by Crippen LogP contribution is -2.08. The normalized spacial score (nSPS) is 10.5. The fourth-order valence-electron chi connectivity index (χ4n) is 1.89. The predicted molar refractivity (Wildman–Crippen MR) is 75.0 cm³/mol. The molecular formula is C16H14ClFO. The van der Waals surface area contributed by atoms with Crippen LogP contribution < -0.4 is 0 Å². The van der Waals surface area contributed by atoms with Gasteiger partial charge in [-0.3, -0.25) is 4.79 Å². The zero-order chi connectivity index (χ0) is 13.8. The molecule has 0 radical (unpaired) electrons. The number of aryl methyl sites for hydroxylation is 1. The van der Waals surface area contributed by atoms with E-state index in [0.29, 0.717) is 12.0 Å². The van der Waals surface area contributed by atoms with Gasteiger partial charge in [-0.1, -0.05) is 53.6 Å². The smallest absolute Gasteiger partial charge is 0.145 e. The summed E-state index contributed by atoms with van der Waals surface area (Å²) >= 11 is 5.69. The first-order valence-corrected chi connectivity index (χ1v) is 6.44. The third-order valence-corrected chi connectivity index (χ3v) is 3.23. The lowest BCUT2D eigenvalue weighted by atomic mass is 10.0. The summed E-state index contributed by atoms with van der Waals surface area (Å²) < 4.78 is 13.7. The van der Waals surface area contributed by atoms with Gasteiger partial charge in [0.05, 0.1) is 5.02 Å². The molecule has 0 aliphatic heterocycles. The van der Waals surface area contributed by atoms with Crippen LogP contribution in [0.2, 0.25) is 5.02 Å². The first kappa shape index (κ1) is 13.8. The predicted octanol–water partition coefficient (Wildman–Crippen LogP) is 4.14. The van der Waals surface area contributed by atoms with E-state index in [-0.39, 0.29) is 17.2 Å². The summed E-state index contributed by atoms with van der Waals surface area (Å²) in [5.41, 5.74) is 2.44. The van der Waals surface area contributed by atoms with Crippen LogP contribution in [0.4, 0.5) is 4.39 Å². The molecule has 98 valence electrons. The van der Waals surface area contributed by atoms with E-state index in [9.17, 15) is 9.18 Å². The zero-order valence-electron chi connectivity index (χ0n) is 10.6. The Labute approximate surface area is 117 Å². The minimum Gasteiger partial charge on any atom is -0.299 e. The lowest BCUT2D eigenvalue weighted by Gasteiger charge is -2.05. The molecule has 2 aromatic rings. The van der Waals surface area contributed by atoms with E-state index in [1.165, 1.54) is 6.07 Å². The average Bonchev–Trinajstić information content (AvgIpc) is 2.38. The highest BCUT2D eigenvalue weighted by molar-refractivity contribution is 6.30. The minimum atomic E-state index is -0.499. The van der Waals surface area contributed by atoms with Gasteiger partial charge in [0.2, 0.25) is 0 Å². The van der Waals surface area contributed by atoms with E-state index in [1.807, 2.05) is 31.2 Å². The molecule has 2 aromatic carbocycles. The Morgan fingerprint density at radius 2 is 1.79 bits per heavy atom. The fourth-order valence-corrected chi connectivity index (χ4v) is 2.09. The van der Waals surface area contributed by atoms with Crippen LogP contribution in [0, 0.1) is 12.7 Å². The van der Waals surface area contributed by atoms with Gasteiger partial charge in [-0.25, -0.2) is 4.39 Å². The van der Waals surface area contributed by atoms with Crippen LogP contribution in [0.15, 0.2) is 42.5 Å². The van der Waals surface area contributed by atoms with E-state index in [0.717, 1.165) is 11.1 Å². The third kappa shape index (κ3) is 3.65. The van der Waals surface area contributed by atoms with E-state index in [2.05, 4.69) is 0 Å². The maximum Gasteiger partial charge on any atom is 0.145 e. The van der Waals surface area contributed by atoms with Crippen LogP contribution >= 0.6 is 11.6 Å². The number of rotatable bonds is 4. The second-order valence-corrected chi connectivity index (χ2v) is 5.00. The van der Waals surface area contributed by atoms with Gasteiger partial charge in [-0.05, 0) is 24.1 Å². The van der Waals surface area contributed by atoms with Crippen LogP contribution in [0.3, 0.4) is 0 Å². The van der Waals surface area contributed by atoms with Crippen molar-refractivity contribution in [2.45, 2.75) is 19.8 Å². The third-order valence-electron chi connectivity index (χ3n) is 2.94. The molecule has 0 saturated carbocycles. The van der Waals surface area contributed by atoms with Crippen LogP contribution in [0.1, 0.15) is 16.7 Å². The highest BCUT2D eigenvalue weighted by atomic mass is 35.5. The maximum atomic E-state index is 13.7. The number of ketones is 1. The fraction of sp³-hybridized carbons (Fsp3) is 0.188. The second kappa shape index (κ2) is 5.98. The average molecular weight is 277 g/mol. The maximum absolute atomic E-state index is 13.7. The Balaban J connectivity index is 2.05. The SMILES string of the molecule is Cc1ccc(CC(=O)Cc2cccc(Cl)c2F)cc1. The van der Waals surface area contributed by atoms with Gasteiger partial charge >= 0.3 is 0 Å². The van der Waals surface area contributed by atoms with Gasteiger partial charge < -0.3 is 0 Å². The Kier molecular flexibility index (Phi) is 4.33.